The van der Waals surface area contributed by atoms with E-state index in [0.717, 1.165) is 47.3 Å². The minimum atomic E-state index is -0.922. The molecule has 222 valence electrons. The topological polar surface area (TPSA) is 174 Å². The third-order valence-corrected chi connectivity index (χ3v) is 7.16. The lowest BCUT2D eigenvalue weighted by atomic mass is 9.98. The number of H-pyrrole nitrogens is 1. The van der Waals surface area contributed by atoms with Crippen molar-refractivity contribution in [3.8, 4) is 22.5 Å². The van der Waals surface area contributed by atoms with Crippen molar-refractivity contribution in [3.05, 3.63) is 70.8 Å². The molecule has 0 saturated heterocycles. The molecular formula is C29H35ClN8O4. The average Bonchev–Trinajstić information content (AvgIpc) is 3.63. The number of hydrogen-bond donors (Lipinski definition) is 4. The SMILES string of the molecule is CCCCc1nc(Cl)c(COC(=O)[C@@H](CCCC(=O)O)NCN)n1Cc1ccc(-c2ccccc2-c2nn[nH]n2)cc1. The number of aromatic nitrogens is 6. The maximum absolute atomic E-state index is 12.9. The van der Waals surface area contributed by atoms with Gasteiger partial charge in [0.1, 0.15) is 18.5 Å². The number of benzene rings is 2. The number of ether oxygens (including phenoxy) is 1. The molecule has 2 aromatic heterocycles. The van der Waals surface area contributed by atoms with Crippen LogP contribution >= 0.6 is 11.6 Å². The largest absolute Gasteiger partial charge is 0.481 e. The monoisotopic (exact) mass is 594 g/mol. The lowest BCUT2D eigenvalue weighted by Gasteiger charge is -2.17. The number of rotatable bonds is 16. The van der Waals surface area contributed by atoms with E-state index >= 15 is 0 Å². The number of carbonyl (C=O) groups is 2. The van der Waals surface area contributed by atoms with Crippen LogP contribution in [-0.4, -0.2) is 59.9 Å². The molecule has 2 aromatic carbocycles. The van der Waals surface area contributed by atoms with Crippen LogP contribution in [0.2, 0.25) is 5.15 Å². The number of carboxylic acid groups (broad SMARTS) is 1. The third-order valence-electron chi connectivity index (χ3n) is 6.86. The number of tetrazole rings is 1. The Balaban J connectivity index is 1.53. The molecule has 13 heteroatoms. The Hall–Kier alpha value is -4.13. The predicted octanol–water partition coefficient (Wildman–Crippen LogP) is 3.95. The second-order valence-corrected chi connectivity index (χ2v) is 10.1. The first-order valence-electron chi connectivity index (χ1n) is 13.9. The molecule has 0 saturated carbocycles. The Morgan fingerprint density at radius 2 is 1.90 bits per heavy atom. The fourth-order valence-corrected chi connectivity index (χ4v) is 4.93. The van der Waals surface area contributed by atoms with E-state index in [0.29, 0.717) is 30.9 Å². The molecule has 0 aliphatic carbocycles. The zero-order chi connectivity index (χ0) is 29.9. The summed E-state index contributed by atoms with van der Waals surface area (Å²) in [6.07, 6.45) is 3.22. The molecule has 0 spiro atoms. The molecule has 0 amide bonds. The van der Waals surface area contributed by atoms with Crippen LogP contribution in [-0.2, 0) is 33.9 Å². The lowest BCUT2D eigenvalue weighted by Crippen LogP contribution is -2.41. The third kappa shape index (κ3) is 7.99. The van der Waals surface area contributed by atoms with Crippen LogP contribution < -0.4 is 11.1 Å². The molecular weight excluding hydrogens is 560 g/mol. The minimum Gasteiger partial charge on any atom is -0.481 e. The highest BCUT2D eigenvalue weighted by molar-refractivity contribution is 6.30. The van der Waals surface area contributed by atoms with E-state index in [1.54, 1.807) is 0 Å². The van der Waals surface area contributed by atoms with E-state index in [4.69, 9.17) is 27.2 Å². The van der Waals surface area contributed by atoms with Gasteiger partial charge in [-0.3, -0.25) is 14.9 Å². The van der Waals surface area contributed by atoms with Crippen LogP contribution in [0.15, 0.2) is 48.5 Å². The first-order chi connectivity index (χ1) is 20.4. The fourth-order valence-electron chi connectivity index (χ4n) is 4.68. The summed E-state index contributed by atoms with van der Waals surface area (Å²) in [5.74, 6) is -0.102. The van der Waals surface area contributed by atoms with Crippen molar-refractivity contribution in [2.45, 2.75) is 64.6 Å². The number of nitrogens with one attached hydrogen (secondary N) is 2. The van der Waals surface area contributed by atoms with Gasteiger partial charge in [-0.2, -0.15) is 5.21 Å². The van der Waals surface area contributed by atoms with Gasteiger partial charge in [-0.1, -0.05) is 73.5 Å². The van der Waals surface area contributed by atoms with E-state index < -0.39 is 18.0 Å². The molecule has 4 rings (SSSR count). The van der Waals surface area contributed by atoms with E-state index in [1.807, 2.05) is 53.1 Å². The summed E-state index contributed by atoms with van der Waals surface area (Å²) in [7, 11) is 0. The van der Waals surface area contributed by atoms with Gasteiger partial charge >= 0.3 is 11.9 Å². The Kier molecular flexibility index (Phi) is 11.2. The highest BCUT2D eigenvalue weighted by Gasteiger charge is 2.22. The number of aromatic amines is 1. The maximum atomic E-state index is 12.9. The normalized spacial score (nSPS) is 11.9. The highest BCUT2D eigenvalue weighted by atomic mass is 35.5. The average molecular weight is 595 g/mol. The Labute approximate surface area is 248 Å². The number of unbranched alkanes of at least 4 members (excludes halogenated alkanes) is 1. The zero-order valence-electron chi connectivity index (χ0n) is 23.4. The number of halogens is 1. The summed E-state index contributed by atoms with van der Waals surface area (Å²) in [5.41, 5.74) is 10.1. The van der Waals surface area contributed by atoms with Crippen molar-refractivity contribution in [2.75, 3.05) is 6.67 Å². The molecule has 42 heavy (non-hydrogen) atoms. The van der Waals surface area contributed by atoms with Crippen LogP contribution in [0.25, 0.3) is 22.5 Å². The number of nitrogens with zero attached hydrogens (tertiary/aromatic N) is 5. The number of aliphatic carboxylic acids is 1. The zero-order valence-corrected chi connectivity index (χ0v) is 24.2. The van der Waals surface area contributed by atoms with Gasteiger partial charge < -0.3 is 20.1 Å². The van der Waals surface area contributed by atoms with E-state index in [1.165, 1.54) is 0 Å². The van der Waals surface area contributed by atoms with Crippen LogP contribution in [0, 0.1) is 0 Å². The fraction of sp³-hybridized carbons (Fsp3) is 0.379. The lowest BCUT2D eigenvalue weighted by molar-refractivity contribution is -0.148. The molecule has 0 radical (unpaired) electrons. The summed E-state index contributed by atoms with van der Waals surface area (Å²) in [4.78, 5) is 28.3. The molecule has 1 atom stereocenters. The molecule has 4 aromatic rings. The van der Waals surface area contributed by atoms with Crippen molar-refractivity contribution in [1.29, 1.82) is 0 Å². The number of hydrogen-bond acceptors (Lipinski definition) is 9. The van der Waals surface area contributed by atoms with Crippen molar-refractivity contribution in [2.24, 2.45) is 5.73 Å². The van der Waals surface area contributed by atoms with Crippen molar-refractivity contribution in [1.82, 2.24) is 35.5 Å². The number of imidazole rings is 1. The van der Waals surface area contributed by atoms with Crippen molar-refractivity contribution in [3.63, 3.8) is 0 Å². The van der Waals surface area contributed by atoms with Crippen LogP contribution in [0.5, 0.6) is 0 Å². The second-order valence-electron chi connectivity index (χ2n) is 9.79. The molecule has 5 N–H and O–H groups in total. The Morgan fingerprint density at radius 1 is 1.14 bits per heavy atom. The molecule has 0 aliphatic heterocycles. The van der Waals surface area contributed by atoms with E-state index in [2.05, 4.69) is 37.8 Å². The standard InChI is InChI=1S/C29H35ClN8O4/c1-2-3-10-25-33-27(30)24(17-42-29(41)23(32-18-31)9-6-11-26(39)40)38(25)16-19-12-14-20(15-13-19)21-7-4-5-8-22(21)28-34-36-37-35-28/h4-5,7-8,12-15,23,32H,2-3,6,9-11,16-18,31H2,1H3,(H,39,40)(H,34,35,36,37)/t23-/m1/s1. The number of carboxylic acids is 1. The minimum absolute atomic E-state index is 0.0447. The van der Waals surface area contributed by atoms with Gasteiger partial charge in [0.15, 0.2) is 5.15 Å². The Bertz CT molecular complexity index is 1460. The van der Waals surface area contributed by atoms with Gasteiger partial charge in [-0.25, -0.2) is 4.98 Å². The van der Waals surface area contributed by atoms with Gasteiger partial charge in [0.05, 0.1) is 5.69 Å². The molecule has 0 aliphatic rings. The molecule has 0 fully saturated rings. The first-order valence-corrected chi connectivity index (χ1v) is 14.3. The smallest absolute Gasteiger partial charge is 0.323 e. The Morgan fingerprint density at radius 3 is 2.57 bits per heavy atom. The van der Waals surface area contributed by atoms with Crippen molar-refractivity contribution < 1.29 is 19.4 Å². The molecule has 2 heterocycles. The van der Waals surface area contributed by atoms with Crippen molar-refractivity contribution >= 4 is 23.5 Å². The number of nitrogens with two attached hydrogens (primary N) is 1. The number of aryl methyl sites for hydroxylation is 1. The van der Waals surface area contributed by atoms with E-state index in [-0.39, 0.29) is 24.8 Å². The van der Waals surface area contributed by atoms with Gasteiger partial charge in [0.25, 0.3) is 0 Å². The first kappa shape index (κ1) is 30.8. The van der Waals surface area contributed by atoms with Gasteiger partial charge in [0.2, 0.25) is 5.82 Å². The molecule has 0 bridgehead atoms. The molecule has 12 nitrogen and oxygen atoms in total. The molecule has 0 unspecified atom stereocenters. The number of carbonyl (C=O) groups excluding carboxylic acids is 1. The quantitative estimate of drug-likeness (QED) is 0.110. The number of esters is 1. The summed E-state index contributed by atoms with van der Waals surface area (Å²) in [6.45, 7) is 2.58. The second kappa shape index (κ2) is 15.2. The van der Waals surface area contributed by atoms with E-state index in [9.17, 15) is 9.59 Å². The highest BCUT2D eigenvalue weighted by Crippen LogP contribution is 2.30. The van der Waals surface area contributed by atoms with Gasteiger partial charge in [-0.15, -0.1) is 10.2 Å². The summed E-state index contributed by atoms with van der Waals surface area (Å²) in [6, 6.07) is 15.3. The van der Waals surface area contributed by atoms with Crippen LogP contribution in [0.3, 0.4) is 0 Å². The predicted molar refractivity (Wildman–Crippen MR) is 157 cm³/mol. The van der Waals surface area contributed by atoms with Crippen LogP contribution in [0.4, 0.5) is 0 Å². The van der Waals surface area contributed by atoms with Gasteiger partial charge in [-0.05, 0) is 41.2 Å². The summed E-state index contributed by atoms with van der Waals surface area (Å²) < 4.78 is 7.64. The van der Waals surface area contributed by atoms with Crippen LogP contribution in [0.1, 0.15) is 56.1 Å². The van der Waals surface area contributed by atoms with Gasteiger partial charge in [0, 0.05) is 31.6 Å². The summed E-state index contributed by atoms with van der Waals surface area (Å²) >= 11 is 6.57. The maximum Gasteiger partial charge on any atom is 0.323 e. The summed E-state index contributed by atoms with van der Waals surface area (Å²) in [5, 5.41) is 26.5.